The Morgan fingerprint density at radius 2 is 2.42 bits per heavy atom. The molecule has 0 spiro atoms. The molecule has 3 nitrogen and oxygen atoms in total. The van der Waals surface area contributed by atoms with E-state index in [4.69, 9.17) is 10.5 Å². The molecule has 0 amide bonds. The summed E-state index contributed by atoms with van der Waals surface area (Å²) in [5, 5.41) is 0. The van der Waals surface area contributed by atoms with Gasteiger partial charge in [-0.05, 0) is 23.8 Å². The molecule has 0 atom stereocenters. The van der Waals surface area contributed by atoms with Crippen molar-refractivity contribution >= 4 is 5.97 Å². The van der Waals surface area contributed by atoms with Crippen LogP contribution in [0, 0.1) is 12.1 Å². The van der Waals surface area contributed by atoms with Crippen LogP contribution in [0.2, 0.25) is 0 Å². The molecule has 62 valence electrons. The van der Waals surface area contributed by atoms with Crippen molar-refractivity contribution in [2.45, 2.75) is 6.61 Å². The van der Waals surface area contributed by atoms with Gasteiger partial charge in [0.25, 0.3) is 0 Å². The molecule has 0 aliphatic carbocycles. The summed E-state index contributed by atoms with van der Waals surface area (Å²) in [7, 11) is 0. The van der Waals surface area contributed by atoms with Crippen molar-refractivity contribution in [1.82, 2.24) is 0 Å². The largest absolute Gasteiger partial charge is 0.460 e. The molecule has 0 radical (unpaired) electrons. The first kappa shape index (κ1) is 8.57. The normalized spacial score (nSPS) is 8.75. The number of carbonyl (C=O) groups is 1. The van der Waals surface area contributed by atoms with Crippen LogP contribution in [-0.4, -0.2) is 12.5 Å². The first-order valence-corrected chi connectivity index (χ1v) is 3.55. The zero-order valence-corrected chi connectivity index (χ0v) is 6.54. The standard InChI is InChI=1S/C9H9NO2/c10-6-9(11)12-7-8-4-2-1-3-5-8/h2,4-5H,6-7,10H2. The van der Waals surface area contributed by atoms with E-state index in [-0.39, 0.29) is 13.2 Å². The minimum absolute atomic E-state index is 0.0807. The van der Waals surface area contributed by atoms with E-state index in [0.717, 1.165) is 5.56 Å². The number of hydrogen-bond donors (Lipinski definition) is 1. The molecule has 1 rings (SSSR count). The van der Waals surface area contributed by atoms with Crippen molar-refractivity contribution in [3.63, 3.8) is 0 Å². The first-order valence-electron chi connectivity index (χ1n) is 3.55. The summed E-state index contributed by atoms with van der Waals surface area (Å²) in [6.07, 6.45) is 0. The summed E-state index contributed by atoms with van der Waals surface area (Å²) in [4.78, 5) is 10.6. The fraction of sp³-hybridized carbons (Fsp3) is 0.222. The molecule has 2 N–H and O–H groups in total. The zero-order valence-electron chi connectivity index (χ0n) is 6.54. The molecule has 1 aromatic carbocycles. The Morgan fingerprint density at radius 1 is 1.58 bits per heavy atom. The molecular formula is C9H9NO2. The van der Waals surface area contributed by atoms with E-state index < -0.39 is 5.97 Å². The van der Waals surface area contributed by atoms with E-state index in [1.54, 1.807) is 18.2 Å². The van der Waals surface area contributed by atoms with E-state index in [2.05, 4.69) is 12.1 Å². The Balaban J connectivity index is 2.38. The van der Waals surface area contributed by atoms with Gasteiger partial charge in [0.1, 0.15) is 6.61 Å². The highest BCUT2D eigenvalue weighted by Crippen LogP contribution is 1.96. The molecular weight excluding hydrogens is 154 g/mol. The molecule has 0 saturated heterocycles. The van der Waals surface area contributed by atoms with Crippen LogP contribution >= 0.6 is 0 Å². The average Bonchev–Trinajstić information content (AvgIpc) is 2.16. The monoisotopic (exact) mass is 163 g/mol. The quantitative estimate of drug-likeness (QED) is 0.651. The van der Waals surface area contributed by atoms with Gasteiger partial charge in [0.2, 0.25) is 0 Å². The fourth-order valence-corrected chi connectivity index (χ4v) is 0.692. The Morgan fingerprint density at radius 3 is 3.00 bits per heavy atom. The van der Waals surface area contributed by atoms with Crippen molar-refractivity contribution in [2.24, 2.45) is 5.73 Å². The maximum atomic E-state index is 10.6. The number of nitrogens with two attached hydrogens (primary N) is 1. The predicted octanol–water partition coefficient (Wildman–Crippen LogP) is 0.289. The van der Waals surface area contributed by atoms with E-state index in [0.29, 0.717) is 0 Å². The molecule has 1 aromatic rings. The Bertz CT molecular complexity index is 246. The molecule has 0 bridgehead atoms. The lowest BCUT2D eigenvalue weighted by Crippen LogP contribution is -2.16. The van der Waals surface area contributed by atoms with Crippen molar-refractivity contribution in [3.8, 4) is 0 Å². The Kier molecular flexibility index (Phi) is 3.12. The van der Waals surface area contributed by atoms with Gasteiger partial charge < -0.3 is 10.5 Å². The van der Waals surface area contributed by atoms with Gasteiger partial charge in [-0.25, -0.2) is 0 Å². The van der Waals surface area contributed by atoms with Gasteiger partial charge in [-0.15, -0.1) is 0 Å². The minimum atomic E-state index is -0.400. The van der Waals surface area contributed by atoms with Gasteiger partial charge in [0, 0.05) is 0 Å². The number of esters is 1. The molecule has 0 aliphatic rings. The van der Waals surface area contributed by atoms with Crippen LogP contribution in [0.4, 0.5) is 0 Å². The van der Waals surface area contributed by atoms with Crippen LogP contribution in [0.3, 0.4) is 0 Å². The number of rotatable bonds is 3. The smallest absolute Gasteiger partial charge is 0.320 e. The van der Waals surface area contributed by atoms with Gasteiger partial charge in [-0.3, -0.25) is 4.79 Å². The molecule has 0 unspecified atom stereocenters. The number of carbonyl (C=O) groups excluding carboxylic acids is 1. The average molecular weight is 163 g/mol. The van der Waals surface area contributed by atoms with Crippen LogP contribution in [-0.2, 0) is 16.1 Å². The molecule has 3 heteroatoms. The lowest BCUT2D eigenvalue weighted by Gasteiger charge is -2.00. The van der Waals surface area contributed by atoms with Crippen molar-refractivity contribution in [1.29, 1.82) is 0 Å². The maximum Gasteiger partial charge on any atom is 0.320 e. The van der Waals surface area contributed by atoms with Crippen LogP contribution in [0.15, 0.2) is 18.2 Å². The van der Waals surface area contributed by atoms with E-state index >= 15 is 0 Å². The summed E-state index contributed by atoms with van der Waals surface area (Å²) in [6, 6.07) is 10.7. The molecule has 0 aromatic heterocycles. The molecule has 0 aliphatic heterocycles. The summed E-state index contributed by atoms with van der Waals surface area (Å²) in [5.74, 6) is -0.400. The van der Waals surface area contributed by atoms with Crippen LogP contribution in [0.5, 0.6) is 0 Å². The van der Waals surface area contributed by atoms with Crippen LogP contribution < -0.4 is 5.73 Å². The van der Waals surface area contributed by atoms with E-state index in [1.807, 2.05) is 0 Å². The third kappa shape index (κ3) is 2.60. The van der Waals surface area contributed by atoms with Gasteiger partial charge in [0.05, 0.1) is 6.54 Å². The van der Waals surface area contributed by atoms with Gasteiger partial charge in [-0.1, -0.05) is 12.1 Å². The number of ether oxygens (including phenoxy) is 1. The Labute approximate surface area is 71.1 Å². The molecule has 12 heavy (non-hydrogen) atoms. The lowest BCUT2D eigenvalue weighted by atomic mass is 10.3. The highest BCUT2D eigenvalue weighted by atomic mass is 16.5. The lowest BCUT2D eigenvalue weighted by molar-refractivity contribution is -0.143. The molecule has 0 heterocycles. The van der Waals surface area contributed by atoms with Gasteiger partial charge >= 0.3 is 5.97 Å². The summed E-state index contributed by atoms with van der Waals surface area (Å²) in [5.41, 5.74) is 5.93. The maximum absolute atomic E-state index is 10.6. The molecule has 0 saturated carbocycles. The van der Waals surface area contributed by atoms with Gasteiger partial charge in [-0.2, -0.15) is 0 Å². The zero-order chi connectivity index (χ0) is 8.81. The van der Waals surface area contributed by atoms with Crippen molar-refractivity contribution in [2.75, 3.05) is 6.54 Å². The topological polar surface area (TPSA) is 52.3 Å². The van der Waals surface area contributed by atoms with Crippen LogP contribution in [0.1, 0.15) is 5.56 Å². The second-order valence-electron chi connectivity index (χ2n) is 2.21. The summed E-state index contributed by atoms with van der Waals surface area (Å²) in [6.45, 7) is 0.171. The third-order valence-corrected chi connectivity index (χ3v) is 1.29. The van der Waals surface area contributed by atoms with Crippen LogP contribution in [0.25, 0.3) is 0 Å². The first-order chi connectivity index (χ1) is 5.83. The second-order valence-corrected chi connectivity index (χ2v) is 2.21. The highest BCUT2D eigenvalue weighted by molar-refractivity contribution is 5.71. The fourth-order valence-electron chi connectivity index (χ4n) is 0.692. The second kappa shape index (κ2) is 4.37. The SMILES string of the molecule is NCC(=O)OCc1cc#ccc1. The third-order valence-electron chi connectivity index (χ3n) is 1.29. The van der Waals surface area contributed by atoms with E-state index in [9.17, 15) is 4.79 Å². The highest BCUT2D eigenvalue weighted by Gasteiger charge is 1.97. The van der Waals surface area contributed by atoms with Crippen molar-refractivity contribution in [3.05, 3.63) is 35.9 Å². The summed E-state index contributed by atoms with van der Waals surface area (Å²) >= 11 is 0. The molecule has 0 fully saturated rings. The minimum Gasteiger partial charge on any atom is -0.460 e. The van der Waals surface area contributed by atoms with E-state index in [1.165, 1.54) is 0 Å². The van der Waals surface area contributed by atoms with Gasteiger partial charge in [0.15, 0.2) is 0 Å². The number of hydrogen-bond acceptors (Lipinski definition) is 3. The summed E-state index contributed by atoms with van der Waals surface area (Å²) < 4.78 is 4.78. The Hall–Kier alpha value is -1.53. The van der Waals surface area contributed by atoms with Crippen molar-refractivity contribution < 1.29 is 9.53 Å². The predicted molar refractivity (Wildman–Crippen MR) is 43.0 cm³/mol.